The van der Waals surface area contributed by atoms with E-state index in [0.717, 1.165) is 5.56 Å². The number of aliphatic hydroxyl groups excluding tert-OH is 1. The summed E-state index contributed by atoms with van der Waals surface area (Å²) >= 11 is 0. The Morgan fingerprint density at radius 3 is 2.35 bits per heavy atom. The van der Waals surface area contributed by atoms with Crippen molar-refractivity contribution in [3.8, 4) is 5.75 Å². The number of phenolic OH excluding ortho intramolecular Hbond substituents is 1. The Kier molecular flexibility index (Phi) is 7.54. The van der Waals surface area contributed by atoms with Crippen LogP contribution >= 0.6 is 0 Å². The molecule has 1 amide bonds. The van der Waals surface area contributed by atoms with Crippen molar-refractivity contribution in [1.29, 1.82) is 0 Å². The molecular formula is C17H25NO5. The number of aromatic hydroxyl groups is 1. The lowest BCUT2D eigenvalue weighted by atomic mass is 10.0. The van der Waals surface area contributed by atoms with Crippen molar-refractivity contribution in [2.75, 3.05) is 6.61 Å². The van der Waals surface area contributed by atoms with Gasteiger partial charge in [0.2, 0.25) is 5.91 Å². The van der Waals surface area contributed by atoms with E-state index in [4.69, 9.17) is 4.74 Å². The van der Waals surface area contributed by atoms with E-state index in [2.05, 4.69) is 5.32 Å². The number of hydrogen-bond acceptors (Lipinski definition) is 5. The Morgan fingerprint density at radius 2 is 1.83 bits per heavy atom. The van der Waals surface area contributed by atoms with Crippen molar-refractivity contribution in [2.45, 2.75) is 45.8 Å². The predicted molar refractivity (Wildman–Crippen MR) is 85.8 cm³/mol. The van der Waals surface area contributed by atoms with E-state index >= 15 is 0 Å². The molecule has 0 aliphatic carbocycles. The molecule has 0 fully saturated rings. The monoisotopic (exact) mass is 323 g/mol. The second-order valence-corrected chi connectivity index (χ2v) is 5.83. The summed E-state index contributed by atoms with van der Waals surface area (Å²) < 4.78 is 4.98. The smallest absolute Gasteiger partial charge is 0.328 e. The predicted octanol–water partition coefficient (Wildman–Crippen LogP) is 1.39. The summed E-state index contributed by atoms with van der Waals surface area (Å²) in [6.07, 6.45) is -0.619. The van der Waals surface area contributed by atoms with Gasteiger partial charge in [-0.05, 0) is 37.0 Å². The molecule has 23 heavy (non-hydrogen) atoms. The average molecular weight is 323 g/mol. The molecule has 6 nitrogen and oxygen atoms in total. The summed E-state index contributed by atoms with van der Waals surface area (Å²) in [5.74, 6) is -0.854. The highest BCUT2D eigenvalue weighted by atomic mass is 16.5. The topological polar surface area (TPSA) is 95.9 Å². The molecule has 0 aliphatic rings. The fourth-order valence-electron chi connectivity index (χ4n) is 2.13. The second-order valence-electron chi connectivity index (χ2n) is 5.83. The fourth-order valence-corrected chi connectivity index (χ4v) is 2.13. The molecule has 2 atom stereocenters. The standard InChI is InChI=1S/C17H25NO5/c1-4-23-17(22)14(10-12-5-7-13(19)8-6-12)18-16(21)15(20)9-11(2)3/h5-8,11,14-15,19-20H,4,9-10H2,1-3H3,(H,18,21)/t14-,15?/m0/s1. The van der Waals surface area contributed by atoms with Gasteiger partial charge in [0.25, 0.3) is 0 Å². The maximum absolute atomic E-state index is 12.0. The molecule has 0 spiro atoms. The lowest BCUT2D eigenvalue weighted by Gasteiger charge is -2.20. The minimum absolute atomic E-state index is 0.123. The number of rotatable bonds is 8. The van der Waals surface area contributed by atoms with Crippen molar-refractivity contribution in [2.24, 2.45) is 5.92 Å². The zero-order chi connectivity index (χ0) is 17.4. The molecule has 0 saturated carbocycles. The quantitative estimate of drug-likeness (QED) is 0.628. The Bertz CT molecular complexity index is 512. The van der Waals surface area contributed by atoms with Crippen LogP contribution < -0.4 is 5.32 Å². The van der Waals surface area contributed by atoms with Crippen LogP contribution in [0, 0.1) is 5.92 Å². The molecule has 128 valence electrons. The van der Waals surface area contributed by atoms with Gasteiger partial charge in [0, 0.05) is 6.42 Å². The van der Waals surface area contributed by atoms with Gasteiger partial charge >= 0.3 is 5.97 Å². The van der Waals surface area contributed by atoms with Crippen LogP contribution in [0.2, 0.25) is 0 Å². The lowest BCUT2D eigenvalue weighted by Crippen LogP contribution is -2.47. The van der Waals surface area contributed by atoms with Crippen molar-refractivity contribution < 1.29 is 24.5 Å². The first-order valence-electron chi connectivity index (χ1n) is 7.76. The Hall–Kier alpha value is -2.08. The molecule has 0 aliphatic heterocycles. The summed E-state index contributed by atoms with van der Waals surface area (Å²) in [7, 11) is 0. The number of benzene rings is 1. The summed E-state index contributed by atoms with van der Waals surface area (Å²) in [5, 5.41) is 21.7. The van der Waals surface area contributed by atoms with Gasteiger partial charge in [-0.25, -0.2) is 4.79 Å². The van der Waals surface area contributed by atoms with E-state index in [1.165, 1.54) is 12.1 Å². The van der Waals surface area contributed by atoms with E-state index < -0.39 is 24.0 Å². The van der Waals surface area contributed by atoms with Gasteiger partial charge in [-0.3, -0.25) is 4.79 Å². The van der Waals surface area contributed by atoms with Crippen molar-refractivity contribution in [3.63, 3.8) is 0 Å². The van der Waals surface area contributed by atoms with Crippen LogP contribution in [0.25, 0.3) is 0 Å². The molecule has 0 heterocycles. The minimum Gasteiger partial charge on any atom is -0.508 e. The SMILES string of the molecule is CCOC(=O)[C@H](Cc1ccc(O)cc1)NC(=O)C(O)CC(C)C. The van der Waals surface area contributed by atoms with Crippen LogP contribution in [0.4, 0.5) is 0 Å². The molecule has 3 N–H and O–H groups in total. The highest BCUT2D eigenvalue weighted by Crippen LogP contribution is 2.12. The molecular weight excluding hydrogens is 298 g/mol. The van der Waals surface area contributed by atoms with Crippen LogP contribution in [-0.2, 0) is 20.7 Å². The molecule has 0 aromatic heterocycles. The first-order chi connectivity index (χ1) is 10.8. The van der Waals surface area contributed by atoms with E-state index in [9.17, 15) is 19.8 Å². The van der Waals surface area contributed by atoms with E-state index in [-0.39, 0.29) is 24.7 Å². The fraction of sp³-hybridized carbons (Fsp3) is 0.529. The molecule has 6 heteroatoms. The van der Waals surface area contributed by atoms with Crippen LogP contribution in [0.5, 0.6) is 5.75 Å². The molecule has 1 rings (SSSR count). The number of ether oxygens (including phenoxy) is 1. The Labute approximate surface area is 136 Å². The van der Waals surface area contributed by atoms with Gasteiger partial charge < -0.3 is 20.3 Å². The minimum atomic E-state index is -1.16. The average Bonchev–Trinajstić information content (AvgIpc) is 2.48. The number of nitrogens with one attached hydrogen (secondary N) is 1. The zero-order valence-electron chi connectivity index (χ0n) is 13.8. The van der Waals surface area contributed by atoms with Gasteiger partial charge in [0.15, 0.2) is 0 Å². The summed E-state index contributed by atoms with van der Waals surface area (Å²) in [6.45, 7) is 5.69. The lowest BCUT2D eigenvalue weighted by molar-refractivity contribution is -0.148. The number of esters is 1. The van der Waals surface area contributed by atoms with Gasteiger partial charge in [-0.2, -0.15) is 0 Å². The van der Waals surface area contributed by atoms with Gasteiger partial charge in [0.1, 0.15) is 17.9 Å². The first-order valence-corrected chi connectivity index (χ1v) is 7.76. The number of amides is 1. The summed E-state index contributed by atoms with van der Waals surface area (Å²) in [4.78, 5) is 24.1. The molecule has 0 saturated heterocycles. The molecule has 1 aromatic carbocycles. The molecule has 0 bridgehead atoms. The van der Waals surface area contributed by atoms with Gasteiger partial charge in [-0.15, -0.1) is 0 Å². The third kappa shape index (κ3) is 6.69. The second kappa shape index (κ2) is 9.15. The molecule has 1 aromatic rings. The summed E-state index contributed by atoms with van der Waals surface area (Å²) in [5.41, 5.74) is 0.763. The van der Waals surface area contributed by atoms with Gasteiger partial charge in [-0.1, -0.05) is 26.0 Å². The third-order valence-corrected chi connectivity index (χ3v) is 3.26. The van der Waals surface area contributed by atoms with Crippen LogP contribution in [0.15, 0.2) is 24.3 Å². The van der Waals surface area contributed by atoms with E-state index in [0.29, 0.717) is 6.42 Å². The number of carbonyl (C=O) groups excluding carboxylic acids is 2. The van der Waals surface area contributed by atoms with Crippen LogP contribution in [0.3, 0.4) is 0 Å². The molecule has 1 unspecified atom stereocenters. The Morgan fingerprint density at radius 1 is 1.22 bits per heavy atom. The first kappa shape index (κ1) is 19.0. The van der Waals surface area contributed by atoms with E-state index in [1.807, 2.05) is 13.8 Å². The van der Waals surface area contributed by atoms with E-state index in [1.54, 1.807) is 19.1 Å². The van der Waals surface area contributed by atoms with Crippen LogP contribution in [-0.4, -0.2) is 40.8 Å². The number of carbonyl (C=O) groups is 2. The van der Waals surface area contributed by atoms with Crippen molar-refractivity contribution in [3.05, 3.63) is 29.8 Å². The maximum atomic E-state index is 12.0. The Balaban J connectivity index is 2.77. The van der Waals surface area contributed by atoms with Crippen molar-refractivity contribution >= 4 is 11.9 Å². The zero-order valence-corrected chi connectivity index (χ0v) is 13.8. The highest BCUT2D eigenvalue weighted by Gasteiger charge is 2.26. The van der Waals surface area contributed by atoms with Crippen LogP contribution in [0.1, 0.15) is 32.8 Å². The normalized spacial score (nSPS) is 13.4. The maximum Gasteiger partial charge on any atom is 0.328 e. The largest absolute Gasteiger partial charge is 0.508 e. The third-order valence-electron chi connectivity index (χ3n) is 3.26. The molecule has 0 radical (unpaired) electrons. The summed E-state index contributed by atoms with van der Waals surface area (Å²) in [6, 6.07) is 5.46. The van der Waals surface area contributed by atoms with Gasteiger partial charge in [0.05, 0.1) is 6.61 Å². The van der Waals surface area contributed by atoms with Crippen molar-refractivity contribution in [1.82, 2.24) is 5.32 Å². The number of hydrogen-bond donors (Lipinski definition) is 3. The highest BCUT2D eigenvalue weighted by molar-refractivity contribution is 5.87. The number of phenols is 1. The number of aliphatic hydroxyl groups is 1.